The highest BCUT2D eigenvalue weighted by Gasteiger charge is 2.16. The molecule has 1 aromatic heterocycles. The minimum Gasteiger partial charge on any atom is -0.370 e. The van der Waals surface area contributed by atoms with Crippen LogP contribution < -0.4 is 5.73 Å². The van der Waals surface area contributed by atoms with Gasteiger partial charge in [0.05, 0.1) is 12.6 Å². The molecule has 1 aliphatic heterocycles. The van der Waals surface area contributed by atoms with E-state index in [9.17, 15) is 0 Å². The molecule has 0 radical (unpaired) electrons. The van der Waals surface area contributed by atoms with Gasteiger partial charge in [-0.25, -0.2) is 0 Å². The number of nitrogens with zero attached hydrogens (tertiary/aromatic N) is 3. The summed E-state index contributed by atoms with van der Waals surface area (Å²) in [6.07, 6.45) is 0. The molecule has 0 amide bonds. The van der Waals surface area contributed by atoms with E-state index >= 15 is 0 Å². The summed E-state index contributed by atoms with van der Waals surface area (Å²) in [4.78, 5) is 8.99. The molecular formula is C13H23IN4S2. The second-order valence-electron chi connectivity index (χ2n) is 4.83. The molecule has 0 bridgehead atoms. The number of hydrogen-bond donors (Lipinski definition) is 1. The molecule has 1 aliphatic rings. The van der Waals surface area contributed by atoms with Crippen molar-refractivity contribution in [3.8, 4) is 0 Å². The van der Waals surface area contributed by atoms with Gasteiger partial charge in [0, 0.05) is 24.6 Å². The maximum absolute atomic E-state index is 6.10. The van der Waals surface area contributed by atoms with Gasteiger partial charge < -0.3 is 15.5 Å². The Bertz CT molecular complexity index is 403. The Balaban J connectivity index is 0.00000200. The summed E-state index contributed by atoms with van der Waals surface area (Å²) in [5.41, 5.74) is 7.42. The number of hydrogen-bond acceptors (Lipinski definition) is 4. The molecule has 1 saturated heterocycles. The summed E-state index contributed by atoms with van der Waals surface area (Å²) in [5.74, 6) is 3.00. The number of guanidine groups is 1. The van der Waals surface area contributed by atoms with Crippen LogP contribution in [0.2, 0.25) is 0 Å². The molecule has 20 heavy (non-hydrogen) atoms. The maximum atomic E-state index is 6.10. The minimum absolute atomic E-state index is 0. The van der Waals surface area contributed by atoms with Crippen molar-refractivity contribution in [1.29, 1.82) is 0 Å². The van der Waals surface area contributed by atoms with E-state index < -0.39 is 0 Å². The lowest BCUT2D eigenvalue weighted by Crippen LogP contribution is -2.43. The fraction of sp³-hybridized carbons (Fsp3) is 0.615. The standard InChI is InChI=1S/C13H22N4S2.HI/c1-16(2)12(11-3-6-19-10-11)9-15-13(14)17-4-7-18-8-5-17;/h3,6,10,12H,4-5,7-9H2,1-2H3,(H2,14,15);1H. The molecule has 1 fully saturated rings. The molecule has 0 spiro atoms. The van der Waals surface area contributed by atoms with Crippen molar-refractivity contribution in [3.05, 3.63) is 22.4 Å². The number of halogens is 1. The fourth-order valence-electron chi connectivity index (χ4n) is 2.10. The second kappa shape index (κ2) is 9.11. The first-order valence-corrected chi connectivity index (χ1v) is 8.59. The van der Waals surface area contributed by atoms with E-state index in [4.69, 9.17) is 5.73 Å². The van der Waals surface area contributed by atoms with E-state index in [1.165, 1.54) is 5.56 Å². The average molecular weight is 426 g/mol. The van der Waals surface area contributed by atoms with Gasteiger partial charge in [0.2, 0.25) is 0 Å². The summed E-state index contributed by atoms with van der Waals surface area (Å²) in [7, 11) is 4.18. The van der Waals surface area contributed by atoms with Crippen molar-refractivity contribution in [2.75, 3.05) is 45.2 Å². The smallest absolute Gasteiger partial charge is 0.191 e. The Morgan fingerprint density at radius 2 is 2.15 bits per heavy atom. The van der Waals surface area contributed by atoms with Gasteiger partial charge in [-0.2, -0.15) is 23.1 Å². The second-order valence-corrected chi connectivity index (χ2v) is 6.84. The van der Waals surface area contributed by atoms with Crippen LogP contribution in [0.4, 0.5) is 0 Å². The molecule has 2 heterocycles. The topological polar surface area (TPSA) is 44.9 Å². The third-order valence-electron chi connectivity index (χ3n) is 3.31. The van der Waals surface area contributed by atoms with E-state index in [0.29, 0.717) is 12.0 Å². The van der Waals surface area contributed by atoms with Gasteiger partial charge in [0.15, 0.2) is 5.96 Å². The molecule has 2 N–H and O–H groups in total. The third-order valence-corrected chi connectivity index (χ3v) is 4.96. The van der Waals surface area contributed by atoms with Gasteiger partial charge in [0.25, 0.3) is 0 Å². The van der Waals surface area contributed by atoms with Crippen LogP contribution in [0.15, 0.2) is 21.8 Å². The highest BCUT2D eigenvalue weighted by atomic mass is 127. The van der Waals surface area contributed by atoms with Gasteiger partial charge in [0.1, 0.15) is 0 Å². The summed E-state index contributed by atoms with van der Waals surface area (Å²) < 4.78 is 0. The molecule has 2 rings (SSSR count). The fourth-order valence-corrected chi connectivity index (χ4v) is 3.71. The van der Waals surface area contributed by atoms with E-state index in [-0.39, 0.29) is 24.0 Å². The van der Waals surface area contributed by atoms with E-state index in [2.05, 4.69) is 45.7 Å². The van der Waals surface area contributed by atoms with Crippen molar-refractivity contribution in [3.63, 3.8) is 0 Å². The van der Waals surface area contributed by atoms with Crippen molar-refractivity contribution in [1.82, 2.24) is 9.80 Å². The highest BCUT2D eigenvalue weighted by molar-refractivity contribution is 14.0. The normalized spacial score (nSPS) is 17.9. The van der Waals surface area contributed by atoms with Crippen LogP contribution in [0.25, 0.3) is 0 Å². The first-order chi connectivity index (χ1) is 9.18. The molecular weight excluding hydrogens is 403 g/mol. The van der Waals surface area contributed by atoms with Crippen molar-refractivity contribution in [2.45, 2.75) is 6.04 Å². The van der Waals surface area contributed by atoms with Gasteiger partial charge in [-0.05, 0) is 36.5 Å². The zero-order valence-corrected chi connectivity index (χ0v) is 16.0. The van der Waals surface area contributed by atoms with Crippen molar-refractivity contribution < 1.29 is 0 Å². The Morgan fingerprint density at radius 1 is 1.45 bits per heavy atom. The summed E-state index contributed by atoms with van der Waals surface area (Å²) >= 11 is 3.71. The lowest BCUT2D eigenvalue weighted by Gasteiger charge is -2.28. The quantitative estimate of drug-likeness (QED) is 0.456. The van der Waals surface area contributed by atoms with Gasteiger partial charge in [-0.1, -0.05) is 0 Å². The predicted molar refractivity (Wildman–Crippen MR) is 102 cm³/mol. The Hall–Kier alpha value is 0.01000. The van der Waals surface area contributed by atoms with Crippen molar-refractivity contribution in [2.24, 2.45) is 10.7 Å². The summed E-state index contributed by atoms with van der Waals surface area (Å²) in [6.45, 7) is 2.76. The maximum Gasteiger partial charge on any atom is 0.191 e. The number of thiophene rings is 1. The monoisotopic (exact) mass is 426 g/mol. The predicted octanol–water partition coefficient (Wildman–Crippen LogP) is 2.33. The third kappa shape index (κ3) is 5.09. The lowest BCUT2D eigenvalue weighted by atomic mass is 10.1. The number of rotatable bonds is 4. The zero-order chi connectivity index (χ0) is 13.7. The Labute approximate surface area is 146 Å². The minimum atomic E-state index is 0. The number of thioether (sulfide) groups is 1. The van der Waals surface area contributed by atoms with Crippen LogP contribution in [0.1, 0.15) is 11.6 Å². The number of nitrogens with two attached hydrogens (primary N) is 1. The molecule has 0 aliphatic carbocycles. The van der Waals surface area contributed by atoms with Crippen LogP contribution in [0, 0.1) is 0 Å². The molecule has 0 saturated carbocycles. The molecule has 1 aromatic rings. The Kier molecular flexibility index (Phi) is 8.23. The van der Waals surface area contributed by atoms with E-state index in [0.717, 1.165) is 31.1 Å². The molecule has 0 aromatic carbocycles. The largest absolute Gasteiger partial charge is 0.370 e. The van der Waals surface area contributed by atoms with Crippen LogP contribution in [0.5, 0.6) is 0 Å². The van der Waals surface area contributed by atoms with E-state index in [1.807, 2.05) is 11.8 Å². The van der Waals surface area contributed by atoms with Crippen LogP contribution >= 0.6 is 47.1 Å². The average Bonchev–Trinajstić information content (AvgIpc) is 2.93. The number of likely N-dealkylation sites (N-methyl/N-ethyl adjacent to an activating group) is 1. The first kappa shape index (κ1) is 18.1. The van der Waals surface area contributed by atoms with E-state index in [1.54, 1.807) is 11.3 Å². The van der Waals surface area contributed by atoms with Crippen LogP contribution in [-0.4, -0.2) is 61.0 Å². The summed E-state index contributed by atoms with van der Waals surface area (Å²) in [5, 5.41) is 4.30. The van der Waals surface area contributed by atoms with Crippen LogP contribution in [0.3, 0.4) is 0 Å². The van der Waals surface area contributed by atoms with Crippen molar-refractivity contribution >= 4 is 53.0 Å². The lowest BCUT2D eigenvalue weighted by molar-refractivity contribution is 0.306. The van der Waals surface area contributed by atoms with Gasteiger partial charge in [-0.3, -0.25) is 4.99 Å². The zero-order valence-electron chi connectivity index (χ0n) is 12.0. The SMILES string of the molecule is CN(C)C(CN=C(N)N1CCSCC1)c1ccsc1.I. The molecule has 1 atom stereocenters. The summed E-state index contributed by atoms with van der Waals surface area (Å²) in [6, 6.07) is 2.47. The first-order valence-electron chi connectivity index (χ1n) is 6.49. The van der Waals surface area contributed by atoms with Crippen LogP contribution in [-0.2, 0) is 0 Å². The molecule has 1 unspecified atom stereocenters. The Morgan fingerprint density at radius 3 is 2.70 bits per heavy atom. The molecule has 7 heteroatoms. The molecule has 114 valence electrons. The van der Waals surface area contributed by atoms with Gasteiger partial charge >= 0.3 is 0 Å². The molecule has 4 nitrogen and oxygen atoms in total. The highest BCUT2D eigenvalue weighted by Crippen LogP contribution is 2.21. The van der Waals surface area contributed by atoms with Gasteiger partial charge in [-0.15, -0.1) is 24.0 Å². The number of aliphatic imine (C=N–C) groups is 1.